The molecule has 0 saturated heterocycles. The lowest BCUT2D eigenvalue weighted by atomic mass is 10.2. The first-order chi connectivity index (χ1) is 15.5. The molecular weight excluding hydrogens is 448 g/mol. The van der Waals surface area contributed by atoms with Crippen molar-refractivity contribution < 1.29 is 17.6 Å². The van der Waals surface area contributed by atoms with Crippen molar-refractivity contribution in [3.8, 4) is 11.5 Å². The van der Waals surface area contributed by atoms with Gasteiger partial charge in [0.1, 0.15) is 0 Å². The molecule has 32 heavy (non-hydrogen) atoms. The highest BCUT2D eigenvalue weighted by atomic mass is 32.2. The first-order valence-corrected chi connectivity index (χ1v) is 12.1. The Morgan fingerprint density at radius 3 is 2.47 bits per heavy atom. The maximum atomic E-state index is 12.7. The zero-order chi connectivity index (χ0) is 22.6. The third-order valence-electron chi connectivity index (χ3n) is 4.41. The van der Waals surface area contributed by atoms with Crippen molar-refractivity contribution in [2.24, 2.45) is 0 Å². The number of hydrogen-bond acceptors (Lipinski definition) is 7. The number of nitrogens with zero attached hydrogens (tertiary/aromatic N) is 2. The first kappa shape index (κ1) is 21.6. The van der Waals surface area contributed by atoms with E-state index < -0.39 is 15.9 Å². The Balaban J connectivity index is 1.50. The molecule has 1 aromatic heterocycles. The van der Waals surface area contributed by atoms with E-state index in [4.69, 9.17) is 4.42 Å². The van der Waals surface area contributed by atoms with E-state index in [-0.39, 0.29) is 28.1 Å². The van der Waals surface area contributed by atoms with E-state index in [0.717, 1.165) is 10.5 Å². The van der Waals surface area contributed by atoms with E-state index in [9.17, 15) is 13.2 Å². The molecule has 0 saturated carbocycles. The minimum absolute atomic E-state index is 0.0591. The summed E-state index contributed by atoms with van der Waals surface area (Å²) in [6, 6.07) is 21.6. The van der Waals surface area contributed by atoms with Crippen LogP contribution in [0.4, 0.5) is 11.7 Å². The van der Waals surface area contributed by atoms with Crippen molar-refractivity contribution in [3.63, 3.8) is 0 Å². The van der Waals surface area contributed by atoms with Crippen LogP contribution in [0.5, 0.6) is 0 Å². The van der Waals surface area contributed by atoms with Crippen LogP contribution in [0.25, 0.3) is 11.5 Å². The van der Waals surface area contributed by atoms with Gasteiger partial charge >= 0.3 is 6.01 Å². The largest absolute Gasteiger partial charge is 0.403 e. The van der Waals surface area contributed by atoms with Gasteiger partial charge in [0.25, 0.3) is 21.8 Å². The second kappa shape index (κ2) is 9.25. The van der Waals surface area contributed by atoms with E-state index in [2.05, 4.69) is 20.2 Å². The summed E-state index contributed by atoms with van der Waals surface area (Å²) in [5, 5.41) is 10.4. The smallest absolute Gasteiger partial charge is 0.322 e. The van der Waals surface area contributed by atoms with E-state index in [1.807, 2.05) is 30.5 Å². The van der Waals surface area contributed by atoms with Gasteiger partial charge in [-0.2, -0.15) is 0 Å². The third-order valence-corrected chi connectivity index (χ3v) is 6.61. The van der Waals surface area contributed by atoms with Crippen LogP contribution < -0.4 is 10.0 Å². The molecule has 162 valence electrons. The standard InChI is InChI=1S/C22H18N4O4S2/c1-31-19-13-6-5-12-18(19)21-24-25-22(30-21)23-20(27)15-8-7-9-16(14-15)26-32(28,29)17-10-3-2-4-11-17/h2-14,26H,1H3,(H,23,25,27). The summed E-state index contributed by atoms with van der Waals surface area (Å²) in [5.41, 5.74) is 1.24. The molecule has 10 heteroatoms. The molecule has 0 spiro atoms. The average Bonchev–Trinajstić information content (AvgIpc) is 3.27. The number of sulfonamides is 1. The van der Waals surface area contributed by atoms with Crippen LogP contribution in [0.1, 0.15) is 10.4 Å². The minimum atomic E-state index is -3.77. The van der Waals surface area contributed by atoms with Gasteiger partial charge in [-0.1, -0.05) is 41.5 Å². The second-order valence-electron chi connectivity index (χ2n) is 6.57. The van der Waals surface area contributed by atoms with Crippen molar-refractivity contribution in [1.82, 2.24) is 10.2 Å². The lowest BCUT2D eigenvalue weighted by Gasteiger charge is -2.09. The van der Waals surface area contributed by atoms with Gasteiger partial charge < -0.3 is 4.42 Å². The van der Waals surface area contributed by atoms with Crippen LogP contribution >= 0.6 is 11.8 Å². The summed E-state index contributed by atoms with van der Waals surface area (Å²) < 4.78 is 33.1. The van der Waals surface area contributed by atoms with Gasteiger partial charge in [-0.05, 0) is 48.7 Å². The summed E-state index contributed by atoms with van der Waals surface area (Å²) in [5.74, 6) is -0.228. The van der Waals surface area contributed by atoms with Crippen LogP contribution in [0, 0.1) is 0 Å². The molecule has 0 bridgehead atoms. The molecule has 4 rings (SSSR count). The van der Waals surface area contributed by atoms with E-state index in [0.29, 0.717) is 0 Å². The van der Waals surface area contributed by atoms with Crippen molar-refractivity contribution in [3.05, 3.63) is 84.4 Å². The fraction of sp³-hybridized carbons (Fsp3) is 0.0455. The second-order valence-corrected chi connectivity index (χ2v) is 9.10. The summed E-state index contributed by atoms with van der Waals surface area (Å²) in [6.07, 6.45) is 1.94. The number of aromatic nitrogens is 2. The van der Waals surface area contributed by atoms with Crippen molar-refractivity contribution in [1.29, 1.82) is 0 Å². The molecule has 0 fully saturated rings. The van der Waals surface area contributed by atoms with Crippen molar-refractivity contribution >= 4 is 39.4 Å². The molecule has 3 aromatic carbocycles. The molecule has 2 N–H and O–H groups in total. The van der Waals surface area contributed by atoms with Crippen molar-refractivity contribution in [2.75, 3.05) is 16.3 Å². The number of rotatable bonds is 7. The van der Waals surface area contributed by atoms with Crippen LogP contribution in [-0.4, -0.2) is 30.8 Å². The van der Waals surface area contributed by atoms with Gasteiger partial charge in [0.2, 0.25) is 0 Å². The zero-order valence-corrected chi connectivity index (χ0v) is 18.5. The number of carbonyl (C=O) groups excluding carboxylic acids is 1. The Morgan fingerprint density at radius 1 is 0.938 bits per heavy atom. The van der Waals surface area contributed by atoms with Gasteiger partial charge in [0.15, 0.2) is 0 Å². The maximum Gasteiger partial charge on any atom is 0.322 e. The number of thioether (sulfide) groups is 1. The highest BCUT2D eigenvalue weighted by Crippen LogP contribution is 2.29. The number of amides is 1. The normalized spacial score (nSPS) is 11.2. The SMILES string of the molecule is CSc1ccccc1-c1nnc(NC(=O)c2cccc(NS(=O)(=O)c3ccccc3)c2)o1. The highest BCUT2D eigenvalue weighted by molar-refractivity contribution is 7.98. The molecule has 0 unspecified atom stereocenters. The summed E-state index contributed by atoms with van der Waals surface area (Å²) in [7, 11) is -3.77. The molecule has 0 atom stereocenters. The van der Waals surface area contributed by atoms with Gasteiger partial charge in [0.05, 0.1) is 10.5 Å². The number of benzene rings is 3. The predicted molar refractivity (Wildman–Crippen MR) is 123 cm³/mol. The van der Waals surface area contributed by atoms with E-state index in [1.165, 1.54) is 18.2 Å². The summed E-state index contributed by atoms with van der Waals surface area (Å²) in [6.45, 7) is 0. The monoisotopic (exact) mass is 466 g/mol. The number of nitrogens with one attached hydrogen (secondary N) is 2. The molecule has 4 aromatic rings. The Labute approximate surface area is 189 Å². The Morgan fingerprint density at radius 2 is 1.69 bits per heavy atom. The number of anilines is 2. The fourth-order valence-corrected chi connectivity index (χ4v) is 4.57. The topological polar surface area (TPSA) is 114 Å². The predicted octanol–water partition coefficient (Wildman–Crippen LogP) is 4.51. The number of hydrogen-bond donors (Lipinski definition) is 2. The van der Waals surface area contributed by atoms with E-state index >= 15 is 0 Å². The lowest BCUT2D eigenvalue weighted by Crippen LogP contribution is -2.15. The van der Waals surface area contributed by atoms with E-state index in [1.54, 1.807) is 48.2 Å². The molecule has 0 radical (unpaired) electrons. The quantitative estimate of drug-likeness (QED) is 0.385. The molecule has 0 aliphatic rings. The van der Waals surface area contributed by atoms with Crippen LogP contribution in [0.15, 0.2) is 93.1 Å². The zero-order valence-electron chi connectivity index (χ0n) is 16.8. The Bertz CT molecular complexity index is 1360. The minimum Gasteiger partial charge on any atom is -0.403 e. The third kappa shape index (κ3) is 4.82. The maximum absolute atomic E-state index is 12.7. The van der Waals surface area contributed by atoms with Crippen molar-refractivity contribution in [2.45, 2.75) is 9.79 Å². The highest BCUT2D eigenvalue weighted by Gasteiger charge is 2.17. The molecular formula is C22H18N4O4S2. The molecule has 0 aliphatic heterocycles. The van der Waals surface area contributed by atoms with Gasteiger partial charge in [-0.25, -0.2) is 8.42 Å². The Hall–Kier alpha value is -3.63. The fourth-order valence-electron chi connectivity index (χ4n) is 2.91. The molecule has 1 amide bonds. The lowest BCUT2D eigenvalue weighted by molar-refractivity contribution is 0.102. The Kier molecular flexibility index (Phi) is 6.24. The van der Waals surface area contributed by atoms with Gasteiger partial charge in [-0.3, -0.25) is 14.8 Å². The summed E-state index contributed by atoms with van der Waals surface area (Å²) >= 11 is 1.54. The average molecular weight is 467 g/mol. The van der Waals surface area contributed by atoms with Gasteiger partial charge in [0, 0.05) is 16.1 Å². The van der Waals surface area contributed by atoms with Crippen LogP contribution in [0.3, 0.4) is 0 Å². The molecule has 8 nitrogen and oxygen atoms in total. The van der Waals surface area contributed by atoms with Crippen LogP contribution in [-0.2, 0) is 10.0 Å². The molecule has 0 aliphatic carbocycles. The van der Waals surface area contributed by atoms with Gasteiger partial charge in [-0.15, -0.1) is 16.9 Å². The first-order valence-electron chi connectivity index (χ1n) is 9.42. The molecule has 1 heterocycles. The summed E-state index contributed by atoms with van der Waals surface area (Å²) in [4.78, 5) is 13.7. The number of carbonyl (C=O) groups is 1. The van der Waals surface area contributed by atoms with Crippen LogP contribution in [0.2, 0.25) is 0 Å².